The molecule has 0 saturated heterocycles. The maximum Gasteiger partial charge on any atom is 0.237 e. The Labute approximate surface area is 108 Å². The number of carbonyl (C=O) groups excluding carboxylic acids is 1. The Hall–Kier alpha value is -1.39. The van der Waals surface area contributed by atoms with Crippen molar-refractivity contribution >= 4 is 5.91 Å². The van der Waals surface area contributed by atoms with E-state index in [2.05, 4.69) is 5.32 Å². The molecular weight excluding hydrogens is 228 g/mol. The average Bonchev–Trinajstić information content (AvgIpc) is 2.42. The molecule has 4 heteroatoms. The van der Waals surface area contributed by atoms with E-state index in [1.807, 2.05) is 37.3 Å². The number of amides is 1. The standard InChI is InChI=1S/C14H22N2O2/c1-2-12(10-17)16-14(18)13(15)9-8-11-6-4-3-5-7-11/h3-7,12-13,17H,2,8-10,15H2,1H3,(H,16,18)/t12-,13?/m0/s1. The highest BCUT2D eigenvalue weighted by atomic mass is 16.3. The third kappa shape index (κ3) is 4.85. The van der Waals surface area contributed by atoms with Gasteiger partial charge in [-0.1, -0.05) is 37.3 Å². The predicted octanol–water partition coefficient (Wildman–Crippen LogP) is 0.834. The van der Waals surface area contributed by atoms with Crippen LogP contribution in [0.25, 0.3) is 0 Å². The second-order valence-corrected chi connectivity index (χ2v) is 4.43. The molecule has 1 aromatic carbocycles. The summed E-state index contributed by atoms with van der Waals surface area (Å²) in [7, 11) is 0. The molecule has 0 heterocycles. The van der Waals surface area contributed by atoms with E-state index in [1.54, 1.807) is 0 Å². The quantitative estimate of drug-likeness (QED) is 0.671. The summed E-state index contributed by atoms with van der Waals surface area (Å²) in [5.74, 6) is -0.188. The Kier molecular flexibility index (Phi) is 6.39. The van der Waals surface area contributed by atoms with Gasteiger partial charge in [0.25, 0.3) is 0 Å². The molecular formula is C14H22N2O2. The Morgan fingerprint density at radius 3 is 2.61 bits per heavy atom. The smallest absolute Gasteiger partial charge is 0.237 e. The van der Waals surface area contributed by atoms with Gasteiger partial charge in [-0.15, -0.1) is 0 Å². The minimum Gasteiger partial charge on any atom is -0.394 e. The molecule has 4 nitrogen and oxygen atoms in total. The monoisotopic (exact) mass is 250 g/mol. The van der Waals surface area contributed by atoms with Gasteiger partial charge in [-0.05, 0) is 24.8 Å². The Balaban J connectivity index is 2.36. The van der Waals surface area contributed by atoms with Crippen LogP contribution in [-0.2, 0) is 11.2 Å². The van der Waals surface area contributed by atoms with Crippen molar-refractivity contribution < 1.29 is 9.90 Å². The first kappa shape index (κ1) is 14.7. The largest absolute Gasteiger partial charge is 0.394 e. The zero-order chi connectivity index (χ0) is 13.4. The molecule has 0 saturated carbocycles. The van der Waals surface area contributed by atoms with Crippen molar-refractivity contribution in [1.29, 1.82) is 0 Å². The van der Waals surface area contributed by atoms with E-state index in [-0.39, 0.29) is 18.6 Å². The summed E-state index contributed by atoms with van der Waals surface area (Å²) >= 11 is 0. The molecule has 0 fully saturated rings. The van der Waals surface area contributed by atoms with Gasteiger partial charge in [-0.25, -0.2) is 0 Å². The van der Waals surface area contributed by atoms with Crippen molar-refractivity contribution in [2.24, 2.45) is 5.73 Å². The molecule has 0 spiro atoms. The van der Waals surface area contributed by atoms with Crippen LogP contribution in [-0.4, -0.2) is 29.7 Å². The third-order valence-corrected chi connectivity index (χ3v) is 2.98. The van der Waals surface area contributed by atoms with Gasteiger partial charge in [0.2, 0.25) is 5.91 Å². The molecule has 2 atom stereocenters. The molecule has 100 valence electrons. The van der Waals surface area contributed by atoms with Crippen LogP contribution in [0.4, 0.5) is 0 Å². The van der Waals surface area contributed by atoms with Gasteiger partial charge in [-0.2, -0.15) is 0 Å². The summed E-state index contributed by atoms with van der Waals surface area (Å²) in [5.41, 5.74) is 7.00. The fourth-order valence-corrected chi connectivity index (χ4v) is 1.68. The molecule has 1 rings (SSSR count). The molecule has 0 aliphatic heterocycles. The molecule has 18 heavy (non-hydrogen) atoms. The molecule has 1 aromatic rings. The highest BCUT2D eigenvalue weighted by molar-refractivity contribution is 5.81. The van der Waals surface area contributed by atoms with Gasteiger partial charge >= 0.3 is 0 Å². The number of aliphatic hydroxyl groups is 1. The van der Waals surface area contributed by atoms with Gasteiger partial charge in [0.1, 0.15) is 0 Å². The van der Waals surface area contributed by atoms with Crippen LogP contribution in [0, 0.1) is 0 Å². The summed E-state index contributed by atoms with van der Waals surface area (Å²) in [6.07, 6.45) is 2.09. The third-order valence-electron chi connectivity index (χ3n) is 2.98. The second kappa shape index (κ2) is 7.84. The van der Waals surface area contributed by atoms with Crippen molar-refractivity contribution in [2.75, 3.05) is 6.61 Å². The number of aliphatic hydroxyl groups excluding tert-OH is 1. The van der Waals surface area contributed by atoms with Crippen LogP contribution in [0.1, 0.15) is 25.3 Å². The van der Waals surface area contributed by atoms with E-state index in [1.165, 1.54) is 5.56 Å². The first-order chi connectivity index (χ1) is 8.67. The SMILES string of the molecule is CC[C@@H](CO)NC(=O)C(N)CCc1ccccc1. The van der Waals surface area contributed by atoms with Crippen molar-refractivity contribution in [3.63, 3.8) is 0 Å². The van der Waals surface area contributed by atoms with Crippen LogP contribution >= 0.6 is 0 Å². The Bertz CT molecular complexity index is 350. The van der Waals surface area contributed by atoms with Crippen LogP contribution in [0.15, 0.2) is 30.3 Å². The normalized spacial score (nSPS) is 13.9. The number of nitrogens with two attached hydrogens (primary N) is 1. The number of hydrogen-bond donors (Lipinski definition) is 3. The van der Waals surface area contributed by atoms with Gasteiger partial charge in [0.05, 0.1) is 18.7 Å². The van der Waals surface area contributed by atoms with E-state index >= 15 is 0 Å². The first-order valence-electron chi connectivity index (χ1n) is 6.38. The zero-order valence-electron chi connectivity index (χ0n) is 10.8. The van der Waals surface area contributed by atoms with Gasteiger partial charge < -0.3 is 16.2 Å². The van der Waals surface area contributed by atoms with Crippen LogP contribution in [0.5, 0.6) is 0 Å². The van der Waals surface area contributed by atoms with Crippen molar-refractivity contribution in [3.8, 4) is 0 Å². The van der Waals surface area contributed by atoms with Gasteiger partial charge in [-0.3, -0.25) is 4.79 Å². The molecule has 0 aliphatic rings. The molecule has 0 radical (unpaired) electrons. The summed E-state index contributed by atoms with van der Waals surface area (Å²) in [4.78, 5) is 11.7. The lowest BCUT2D eigenvalue weighted by Crippen LogP contribution is -2.46. The summed E-state index contributed by atoms with van der Waals surface area (Å²) < 4.78 is 0. The predicted molar refractivity (Wildman–Crippen MR) is 72.0 cm³/mol. The minimum atomic E-state index is -0.522. The summed E-state index contributed by atoms with van der Waals surface area (Å²) in [6.45, 7) is 1.87. The number of benzene rings is 1. The topological polar surface area (TPSA) is 75.3 Å². The van der Waals surface area contributed by atoms with Crippen molar-refractivity contribution in [3.05, 3.63) is 35.9 Å². The highest BCUT2D eigenvalue weighted by Gasteiger charge is 2.16. The van der Waals surface area contributed by atoms with Gasteiger partial charge in [0.15, 0.2) is 0 Å². The van der Waals surface area contributed by atoms with E-state index < -0.39 is 6.04 Å². The van der Waals surface area contributed by atoms with E-state index in [0.717, 1.165) is 6.42 Å². The molecule has 0 aromatic heterocycles. The maximum atomic E-state index is 11.7. The Morgan fingerprint density at radius 2 is 2.06 bits per heavy atom. The van der Waals surface area contributed by atoms with E-state index in [9.17, 15) is 4.79 Å². The lowest BCUT2D eigenvalue weighted by Gasteiger charge is -2.17. The second-order valence-electron chi connectivity index (χ2n) is 4.43. The number of rotatable bonds is 7. The van der Waals surface area contributed by atoms with Gasteiger partial charge in [0, 0.05) is 0 Å². The lowest BCUT2D eigenvalue weighted by atomic mass is 10.0. The number of hydrogen-bond acceptors (Lipinski definition) is 3. The van der Waals surface area contributed by atoms with E-state index in [0.29, 0.717) is 12.8 Å². The number of nitrogens with one attached hydrogen (secondary N) is 1. The molecule has 1 unspecified atom stereocenters. The van der Waals surface area contributed by atoms with Crippen molar-refractivity contribution in [2.45, 2.75) is 38.3 Å². The minimum absolute atomic E-state index is 0.0480. The fraction of sp³-hybridized carbons (Fsp3) is 0.500. The molecule has 1 amide bonds. The zero-order valence-corrected chi connectivity index (χ0v) is 10.8. The average molecular weight is 250 g/mol. The first-order valence-corrected chi connectivity index (χ1v) is 6.38. The van der Waals surface area contributed by atoms with Crippen LogP contribution in [0.3, 0.4) is 0 Å². The summed E-state index contributed by atoms with van der Waals surface area (Å²) in [5, 5.41) is 11.7. The highest BCUT2D eigenvalue weighted by Crippen LogP contribution is 2.04. The van der Waals surface area contributed by atoms with Crippen molar-refractivity contribution in [1.82, 2.24) is 5.32 Å². The lowest BCUT2D eigenvalue weighted by molar-refractivity contribution is -0.123. The fourth-order valence-electron chi connectivity index (χ4n) is 1.68. The maximum absolute atomic E-state index is 11.7. The molecule has 4 N–H and O–H groups in total. The summed E-state index contributed by atoms with van der Waals surface area (Å²) in [6, 6.07) is 9.23. The number of aryl methyl sites for hydroxylation is 1. The number of carbonyl (C=O) groups is 1. The van der Waals surface area contributed by atoms with Crippen LogP contribution < -0.4 is 11.1 Å². The molecule has 0 aliphatic carbocycles. The molecule has 0 bridgehead atoms. The van der Waals surface area contributed by atoms with Crippen LogP contribution in [0.2, 0.25) is 0 Å². The Morgan fingerprint density at radius 1 is 1.39 bits per heavy atom. The van der Waals surface area contributed by atoms with E-state index in [4.69, 9.17) is 10.8 Å².